The summed E-state index contributed by atoms with van der Waals surface area (Å²) in [5.41, 5.74) is 6.10. The summed E-state index contributed by atoms with van der Waals surface area (Å²) in [6, 6.07) is 3.84. The fourth-order valence-corrected chi connectivity index (χ4v) is 2.41. The van der Waals surface area contributed by atoms with Crippen LogP contribution in [0.5, 0.6) is 0 Å². The van der Waals surface area contributed by atoms with Crippen LogP contribution in [0.15, 0.2) is 30.3 Å². The third-order valence-electron chi connectivity index (χ3n) is 4.07. The molecule has 164 valence electrons. The van der Waals surface area contributed by atoms with Crippen LogP contribution >= 0.6 is 0 Å². The van der Waals surface area contributed by atoms with Crippen LogP contribution in [0.2, 0.25) is 0 Å². The molecule has 11 nitrogen and oxygen atoms in total. The van der Waals surface area contributed by atoms with Crippen molar-refractivity contribution in [1.29, 1.82) is 0 Å². The lowest BCUT2D eigenvalue weighted by atomic mass is 10.1. The Bertz CT molecular complexity index is 782. The first-order valence-electron chi connectivity index (χ1n) is 9.16. The summed E-state index contributed by atoms with van der Waals surface area (Å²) in [4.78, 5) is 58.8. The number of rotatable bonds is 11. The molecule has 0 bridgehead atoms. The molecule has 0 fully saturated rings. The van der Waals surface area contributed by atoms with Crippen LogP contribution in [0.3, 0.4) is 0 Å². The maximum absolute atomic E-state index is 12.3. The van der Waals surface area contributed by atoms with Crippen LogP contribution in [-0.4, -0.2) is 64.0 Å². The average Bonchev–Trinajstić information content (AvgIpc) is 2.66. The Morgan fingerprint density at radius 3 is 1.93 bits per heavy atom. The number of aliphatic carboxylic acids is 2. The van der Waals surface area contributed by atoms with Crippen LogP contribution in [0, 0.1) is 0 Å². The normalized spacial score (nSPS) is 14.5. The minimum absolute atomic E-state index is 0.0364. The second-order valence-electron chi connectivity index (χ2n) is 6.77. The van der Waals surface area contributed by atoms with Crippen molar-refractivity contribution in [2.24, 2.45) is 5.73 Å². The summed E-state index contributed by atoms with van der Waals surface area (Å²) >= 11 is 0. The second-order valence-corrected chi connectivity index (χ2v) is 6.77. The number of carbonyl (C=O) groups excluding carboxylic acids is 3. The molecule has 1 rings (SSSR count). The molecular formula is C19H26N4O7. The quantitative estimate of drug-likeness (QED) is 0.251. The monoisotopic (exact) mass is 422 g/mol. The first-order chi connectivity index (χ1) is 14.0. The van der Waals surface area contributed by atoms with E-state index < -0.39 is 60.2 Å². The predicted molar refractivity (Wildman–Crippen MR) is 105 cm³/mol. The number of carboxylic acid groups (broad SMARTS) is 2. The molecule has 0 aliphatic carbocycles. The number of amides is 3. The van der Waals surface area contributed by atoms with E-state index in [-0.39, 0.29) is 6.42 Å². The van der Waals surface area contributed by atoms with Gasteiger partial charge in [-0.3, -0.25) is 19.2 Å². The summed E-state index contributed by atoms with van der Waals surface area (Å²) in [5, 5.41) is 25.1. The fourth-order valence-electron chi connectivity index (χ4n) is 2.41. The van der Waals surface area contributed by atoms with Crippen molar-refractivity contribution < 1.29 is 34.2 Å². The van der Waals surface area contributed by atoms with E-state index in [0.717, 1.165) is 0 Å². The molecular weight excluding hydrogens is 396 g/mol. The van der Waals surface area contributed by atoms with Gasteiger partial charge in [-0.25, -0.2) is 4.79 Å². The maximum Gasteiger partial charge on any atom is 0.326 e. The summed E-state index contributed by atoms with van der Waals surface area (Å²) in [7, 11) is 0. The van der Waals surface area contributed by atoms with Crippen LogP contribution in [0.4, 0.5) is 0 Å². The molecule has 0 aliphatic rings. The lowest BCUT2D eigenvalue weighted by Gasteiger charge is -2.22. The van der Waals surface area contributed by atoms with Crippen molar-refractivity contribution in [1.82, 2.24) is 16.0 Å². The summed E-state index contributed by atoms with van der Waals surface area (Å²) < 4.78 is 0. The number of hydrogen-bond donors (Lipinski definition) is 6. The molecule has 3 amide bonds. The molecule has 0 saturated carbocycles. The summed E-state index contributed by atoms with van der Waals surface area (Å²) in [5.74, 6) is -5.02. The van der Waals surface area contributed by atoms with E-state index in [1.165, 1.54) is 13.8 Å². The Hall–Kier alpha value is -3.47. The van der Waals surface area contributed by atoms with E-state index in [4.69, 9.17) is 10.8 Å². The summed E-state index contributed by atoms with van der Waals surface area (Å²) in [6.07, 6.45) is -0.681. The van der Waals surface area contributed by atoms with E-state index in [2.05, 4.69) is 16.0 Å². The first-order valence-corrected chi connectivity index (χ1v) is 9.16. The van der Waals surface area contributed by atoms with Crippen molar-refractivity contribution in [2.75, 3.05) is 0 Å². The predicted octanol–water partition coefficient (Wildman–Crippen LogP) is -1.39. The highest BCUT2D eigenvalue weighted by Gasteiger charge is 2.29. The van der Waals surface area contributed by atoms with E-state index in [1.54, 1.807) is 30.3 Å². The third kappa shape index (κ3) is 8.27. The highest BCUT2D eigenvalue weighted by molar-refractivity contribution is 5.95. The van der Waals surface area contributed by atoms with Gasteiger partial charge in [0.25, 0.3) is 0 Å². The fraction of sp³-hybridized carbons (Fsp3) is 0.421. The van der Waals surface area contributed by atoms with Crippen molar-refractivity contribution in [3.63, 3.8) is 0 Å². The Kier molecular flexibility index (Phi) is 9.43. The number of benzene rings is 1. The molecule has 4 atom stereocenters. The molecule has 1 aromatic carbocycles. The maximum atomic E-state index is 12.3. The van der Waals surface area contributed by atoms with Crippen LogP contribution in [0.1, 0.15) is 25.8 Å². The molecule has 0 aromatic heterocycles. The molecule has 11 heteroatoms. The number of hydrogen-bond acceptors (Lipinski definition) is 6. The smallest absolute Gasteiger partial charge is 0.326 e. The highest BCUT2D eigenvalue weighted by Crippen LogP contribution is 2.04. The highest BCUT2D eigenvalue weighted by atomic mass is 16.4. The zero-order chi connectivity index (χ0) is 22.8. The van der Waals surface area contributed by atoms with Crippen molar-refractivity contribution >= 4 is 29.7 Å². The number of nitrogens with two attached hydrogens (primary N) is 1. The zero-order valence-corrected chi connectivity index (χ0v) is 16.6. The second kappa shape index (κ2) is 11.5. The Labute approximate surface area is 173 Å². The van der Waals surface area contributed by atoms with Gasteiger partial charge in [-0.15, -0.1) is 0 Å². The van der Waals surface area contributed by atoms with Crippen molar-refractivity contribution in [3.8, 4) is 0 Å². The zero-order valence-electron chi connectivity index (χ0n) is 16.6. The van der Waals surface area contributed by atoms with E-state index >= 15 is 0 Å². The minimum Gasteiger partial charge on any atom is -0.481 e. The van der Waals surface area contributed by atoms with Gasteiger partial charge in [0.1, 0.15) is 18.1 Å². The molecule has 0 aliphatic heterocycles. The van der Waals surface area contributed by atoms with Gasteiger partial charge in [0.05, 0.1) is 12.5 Å². The van der Waals surface area contributed by atoms with E-state index in [9.17, 15) is 29.1 Å². The molecule has 4 unspecified atom stereocenters. The SMILES string of the molecule is CC(N)C(=O)NC(CC(=O)O)C(=O)NC(C)C(=O)NC(Cc1ccccc1)C(=O)O. The molecule has 0 spiro atoms. The van der Waals surface area contributed by atoms with Gasteiger partial charge in [0, 0.05) is 6.42 Å². The number of carbonyl (C=O) groups is 5. The molecule has 0 radical (unpaired) electrons. The molecule has 0 heterocycles. The summed E-state index contributed by atoms with van der Waals surface area (Å²) in [6.45, 7) is 2.67. The average molecular weight is 422 g/mol. The standard InChI is InChI=1S/C19H26N4O7/c1-10(20)16(26)22-13(9-15(24)25)18(28)21-11(2)17(27)23-14(19(29)30)8-12-6-4-3-5-7-12/h3-7,10-11,13-14H,8-9,20H2,1-2H3,(H,21,28)(H,22,26)(H,23,27)(H,24,25)(H,29,30). The first kappa shape index (κ1) is 24.6. The van der Waals surface area contributed by atoms with Gasteiger partial charge < -0.3 is 31.9 Å². The number of nitrogens with one attached hydrogen (secondary N) is 3. The molecule has 1 aromatic rings. The number of carboxylic acids is 2. The third-order valence-corrected chi connectivity index (χ3v) is 4.07. The van der Waals surface area contributed by atoms with Gasteiger partial charge >= 0.3 is 11.9 Å². The van der Waals surface area contributed by atoms with E-state index in [1.807, 2.05) is 0 Å². The van der Waals surface area contributed by atoms with Crippen molar-refractivity contribution in [2.45, 2.75) is 50.9 Å². The minimum atomic E-state index is -1.45. The molecule has 30 heavy (non-hydrogen) atoms. The van der Waals surface area contributed by atoms with Crippen LogP contribution in [0.25, 0.3) is 0 Å². The van der Waals surface area contributed by atoms with Crippen LogP contribution in [-0.2, 0) is 30.4 Å². The van der Waals surface area contributed by atoms with E-state index in [0.29, 0.717) is 5.56 Å². The molecule has 7 N–H and O–H groups in total. The van der Waals surface area contributed by atoms with Crippen LogP contribution < -0.4 is 21.7 Å². The van der Waals surface area contributed by atoms with Gasteiger partial charge in [-0.1, -0.05) is 30.3 Å². The molecule has 0 saturated heterocycles. The van der Waals surface area contributed by atoms with Crippen molar-refractivity contribution in [3.05, 3.63) is 35.9 Å². The van der Waals surface area contributed by atoms with Gasteiger partial charge in [0.15, 0.2) is 0 Å². The Balaban J connectivity index is 2.76. The largest absolute Gasteiger partial charge is 0.481 e. The lowest BCUT2D eigenvalue weighted by Crippen LogP contribution is -2.56. The Morgan fingerprint density at radius 1 is 0.867 bits per heavy atom. The Morgan fingerprint density at radius 2 is 1.43 bits per heavy atom. The lowest BCUT2D eigenvalue weighted by molar-refractivity contribution is -0.143. The topological polar surface area (TPSA) is 188 Å². The van der Waals surface area contributed by atoms with Gasteiger partial charge in [-0.2, -0.15) is 0 Å². The van der Waals surface area contributed by atoms with Gasteiger partial charge in [0.2, 0.25) is 17.7 Å². The van der Waals surface area contributed by atoms with Gasteiger partial charge in [-0.05, 0) is 19.4 Å².